The average molecular weight is 446 g/mol. The number of nitrogen functional groups attached to an aromatic ring is 1. The van der Waals surface area contributed by atoms with Crippen LogP contribution in [0.5, 0.6) is 5.75 Å². The summed E-state index contributed by atoms with van der Waals surface area (Å²) in [5, 5.41) is 7.40. The van der Waals surface area contributed by atoms with Crippen LogP contribution in [0, 0.1) is 13.8 Å². The van der Waals surface area contributed by atoms with Crippen molar-refractivity contribution in [2.45, 2.75) is 20.5 Å². The van der Waals surface area contributed by atoms with Gasteiger partial charge in [0, 0.05) is 11.9 Å². The van der Waals surface area contributed by atoms with Crippen LogP contribution >= 0.6 is 0 Å². The van der Waals surface area contributed by atoms with Gasteiger partial charge in [-0.2, -0.15) is 20.1 Å². The smallest absolute Gasteiger partial charge is 0.340 e. The van der Waals surface area contributed by atoms with Crippen LogP contribution in [-0.2, 0) is 11.3 Å². The zero-order valence-electron chi connectivity index (χ0n) is 18.3. The van der Waals surface area contributed by atoms with E-state index in [9.17, 15) is 4.79 Å². The maximum Gasteiger partial charge on any atom is 0.340 e. The molecule has 11 heteroatoms. The highest BCUT2D eigenvalue weighted by molar-refractivity contribution is 5.89. The van der Waals surface area contributed by atoms with Gasteiger partial charge < -0.3 is 20.5 Å². The monoisotopic (exact) mass is 446 g/mol. The van der Waals surface area contributed by atoms with E-state index < -0.39 is 5.97 Å². The maximum absolute atomic E-state index is 12.5. The van der Waals surface area contributed by atoms with Gasteiger partial charge in [-0.15, -0.1) is 0 Å². The second-order valence-corrected chi connectivity index (χ2v) is 7.08. The fourth-order valence-corrected chi connectivity index (χ4v) is 3.13. The molecular weight excluding hydrogens is 424 g/mol. The summed E-state index contributed by atoms with van der Waals surface area (Å²) >= 11 is 0. The molecule has 33 heavy (non-hydrogen) atoms. The molecule has 0 saturated carbocycles. The summed E-state index contributed by atoms with van der Waals surface area (Å²) < 4.78 is 12.3. The molecule has 3 N–H and O–H groups in total. The number of rotatable bonds is 7. The Bertz CT molecular complexity index is 1290. The Morgan fingerprint density at radius 1 is 1.12 bits per heavy atom. The molecule has 0 saturated heterocycles. The van der Waals surface area contributed by atoms with E-state index in [2.05, 4.69) is 30.4 Å². The van der Waals surface area contributed by atoms with Crippen LogP contribution in [0.3, 0.4) is 0 Å². The van der Waals surface area contributed by atoms with Crippen molar-refractivity contribution in [3.8, 4) is 11.6 Å². The Hall–Kier alpha value is -4.54. The van der Waals surface area contributed by atoms with Crippen LogP contribution < -0.4 is 15.8 Å². The third kappa shape index (κ3) is 5.03. The van der Waals surface area contributed by atoms with Gasteiger partial charge in [0.25, 0.3) is 0 Å². The molecule has 0 aliphatic rings. The molecule has 0 aliphatic carbocycles. The molecule has 0 radical (unpaired) electrons. The third-order valence-electron chi connectivity index (χ3n) is 4.60. The van der Waals surface area contributed by atoms with Gasteiger partial charge in [0.15, 0.2) is 18.2 Å². The van der Waals surface area contributed by atoms with Crippen LogP contribution in [0.15, 0.2) is 48.7 Å². The SMILES string of the molecule is COc1ccccc1Nc1nc(N)nc(COC(=O)c2ccc(-n3nc(C)cc3C)nc2)n1. The lowest BCUT2D eigenvalue weighted by Gasteiger charge is -2.11. The Kier molecular flexibility index (Phi) is 6.11. The van der Waals surface area contributed by atoms with Gasteiger partial charge in [0.1, 0.15) is 5.75 Å². The molecule has 0 unspecified atom stereocenters. The molecule has 4 rings (SSSR count). The van der Waals surface area contributed by atoms with Crippen LogP contribution in [0.25, 0.3) is 5.82 Å². The van der Waals surface area contributed by atoms with E-state index >= 15 is 0 Å². The first-order valence-corrected chi connectivity index (χ1v) is 10.00. The minimum atomic E-state index is -0.569. The first-order valence-electron chi connectivity index (χ1n) is 10.00. The van der Waals surface area contributed by atoms with Crippen molar-refractivity contribution < 1.29 is 14.3 Å². The van der Waals surface area contributed by atoms with Gasteiger partial charge in [-0.1, -0.05) is 12.1 Å². The van der Waals surface area contributed by atoms with Crippen molar-refractivity contribution >= 4 is 23.6 Å². The molecule has 0 atom stereocenters. The van der Waals surface area contributed by atoms with E-state index in [1.807, 2.05) is 32.0 Å². The number of carbonyl (C=O) groups is 1. The Labute approximate surface area is 189 Å². The predicted octanol–water partition coefficient (Wildman–Crippen LogP) is 2.76. The lowest BCUT2D eigenvalue weighted by atomic mass is 10.3. The number of anilines is 3. The van der Waals surface area contributed by atoms with Gasteiger partial charge in [-0.3, -0.25) is 0 Å². The minimum absolute atomic E-state index is 0.00986. The first kappa shape index (κ1) is 21.7. The number of ether oxygens (including phenoxy) is 2. The van der Waals surface area contributed by atoms with Crippen molar-refractivity contribution in [1.29, 1.82) is 0 Å². The molecule has 0 amide bonds. The van der Waals surface area contributed by atoms with Crippen molar-refractivity contribution in [1.82, 2.24) is 29.7 Å². The molecule has 168 valence electrons. The van der Waals surface area contributed by atoms with Gasteiger partial charge in [-0.05, 0) is 44.2 Å². The normalized spacial score (nSPS) is 10.6. The summed E-state index contributed by atoms with van der Waals surface area (Å²) in [5.41, 5.74) is 8.56. The van der Waals surface area contributed by atoms with Gasteiger partial charge in [0.05, 0.1) is 24.1 Å². The van der Waals surface area contributed by atoms with Crippen molar-refractivity contribution in [2.75, 3.05) is 18.2 Å². The molecule has 3 aromatic heterocycles. The molecule has 3 heterocycles. The summed E-state index contributed by atoms with van der Waals surface area (Å²) in [4.78, 5) is 29.1. The van der Waals surface area contributed by atoms with E-state index in [1.54, 1.807) is 36.1 Å². The van der Waals surface area contributed by atoms with Crippen LogP contribution in [0.4, 0.5) is 17.6 Å². The van der Waals surface area contributed by atoms with E-state index in [0.29, 0.717) is 17.3 Å². The molecule has 1 aromatic carbocycles. The average Bonchev–Trinajstić information content (AvgIpc) is 3.15. The summed E-state index contributed by atoms with van der Waals surface area (Å²) in [6, 6.07) is 12.6. The Morgan fingerprint density at radius 3 is 2.64 bits per heavy atom. The van der Waals surface area contributed by atoms with E-state index in [1.165, 1.54) is 6.20 Å². The molecule has 0 bridgehead atoms. The summed E-state index contributed by atoms with van der Waals surface area (Å²) in [6.07, 6.45) is 1.44. The number of nitrogens with one attached hydrogen (secondary N) is 1. The Balaban J connectivity index is 1.43. The van der Waals surface area contributed by atoms with E-state index in [4.69, 9.17) is 15.2 Å². The number of esters is 1. The lowest BCUT2D eigenvalue weighted by molar-refractivity contribution is 0.0461. The van der Waals surface area contributed by atoms with E-state index in [-0.39, 0.29) is 29.9 Å². The first-order chi connectivity index (χ1) is 15.9. The molecule has 0 fully saturated rings. The number of aryl methyl sites for hydroxylation is 2. The van der Waals surface area contributed by atoms with Crippen LogP contribution in [0.1, 0.15) is 27.6 Å². The molecule has 11 nitrogen and oxygen atoms in total. The summed E-state index contributed by atoms with van der Waals surface area (Å²) in [6.45, 7) is 3.65. The number of para-hydroxylation sites is 2. The number of hydrogen-bond donors (Lipinski definition) is 2. The fraction of sp³-hybridized carbons (Fsp3) is 0.182. The van der Waals surface area contributed by atoms with Crippen molar-refractivity contribution in [3.63, 3.8) is 0 Å². The van der Waals surface area contributed by atoms with Crippen molar-refractivity contribution in [2.24, 2.45) is 0 Å². The standard InChI is InChI=1S/C22H22N8O3/c1-13-10-14(2)30(29-13)19-9-8-15(11-24-19)20(31)33-12-18-26-21(23)28-22(27-18)25-16-6-4-5-7-17(16)32-3/h4-11H,12H2,1-3H3,(H3,23,25,26,27,28). The van der Waals surface area contributed by atoms with Crippen molar-refractivity contribution in [3.05, 3.63) is 71.4 Å². The zero-order chi connectivity index (χ0) is 23.4. The van der Waals surface area contributed by atoms with Gasteiger partial charge >= 0.3 is 5.97 Å². The third-order valence-corrected chi connectivity index (χ3v) is 4.60. The zero-order valence-corrected chi connectivity index (χ0v) is 18.3. The number of methoxy groups -OCH3 is 1. The Morgan fingerprint density at radius 2 is 1.94 bits per heavy atom. The number of aromatic nitrogens is 6. The number of benzene rings is 1. The number of carbonyl (C=O) groups excluding carboxylic acids is 1. The van der Waals surface area contributed by atoms with Crippen LogP contribution in [0.2, 0.25) is 0 Å². The fourth-order valence-electron chi connectivity index (χ4n) is 3.13. The molecule has 0 spiro atoms. The van der Waals surface area contributed by atoms with Crippen LogP contribution in [-0.4, -0.2) is 42.8 Å². The molecular formula is C22H22N8O3. The number of hydrogen-bond acceptors (Lipinski definition) is 10. The van der Waals surface area contributed by atoms with E-state index in [0.717, 1.165) is 11.4 Å². The maximum atomic E-state index is 12.5. The minimum Gasteiger partial charge on any atom is -0.495 e. The molecule has 0 aliphatic heterocycles. The number of pyridine rings is 1. The highest BCUT2D eigenvalue weighted by Crippen LogP contribution is 2.25. The highest BCUT2D eigenvalue weighted by Gasteiger charge is 2.13. The second-order valence-electron chi connectivity index (χ2n) is 7.08. The molecule has 4 aromatic rings. The largest absolute Gasteiger partial charge is 0.495 e. The highest BCUT2D eigenvalue weighted by atomic mass is 16.5. The predicted molar refractivity (Wildman–Crippen MR) is 120 cm³/mol. The summed E-state index contributed by atoms with van der Waals surface area (Å²) in [7, 11) is 1.56. The number of nitrogens with zero attached hydrogens (tertiary/aromatic N) is 6. The second kappa shape index (κ2) is 9.30. The quantitative estimate of drug-likeness (QED) is 0.407. The number of nitrogens with two attached hydrogens (primary N) is 1. The van der Waals surface area contributed by atoms with Gasteiger partial charge in [-0.25, -0.2) is 14.5 Å². The van der Waals surface area contributed by atoms with Gasteiger partial charge in [0.2, 0.25) is 11.9 Å². The summed E-state index contributed by atoms with van der Waals surface area (Å²) in [5.74, 6) is 1.04. The lowest BCUT2D eigenvalue weighted by Crippen LogP contribution is -2.12. The topological polar surface area (TPSA) is 143 Å².